The minimum Gasteiger partial charge on any atom is -0.362 e. The van der Waals surface area contributed by atoms with Crippen molar-refractivity contribution < 1.29 is 8.42 Å². The summed E-state index contributed by atoms with van der Waals surface area (Å²) in [7, 11) is -3.63. The zero-order chi connectivity index (χ0) is 17.4. The molecule has 0 aliphatic carbocycles. The van der Waals surface area contributed by atoms with Gasteiger partial charge in [0.1, 0.15) is 0 Å². The summed E-state index contributed by atoms with van der Waals surface area (Å²) < 4.78 is 22.4. The first-order chi connectivity index (χ1) is 11.4. The number of rotatable bonds is 7. The van der Waals surface area contributed by atoms with Gasteiger partial charge in [-0.25, -0.2) is 13.6 Å². The average molecular weight is 364 g/mol. The number of sulfonamides is 1. The van der Waals surface area contributed by atoms with Crippen molar-refractivity contribution in [1.82, 2.24) is 10.6 Å². The van der Waals surface area contributed by atoms with Gasteiger partial charge >= 0.3 is 0 Å². The van der Waals surface area contributed by atoms with Crippen molar-refractivity contribution in [3.8, 4) is 0 Å². The van der Waals surface area contributed by atoms with Crippen LogP contribution in [0, 0.1) is 0 Å². The predicted octanol–water partition coefficient (Wildman–Crippen LogP) is 1.58. The Morgan fingerprint density at radius 2 is 1.38 bits per heavy atom. The van der Waals surface area contributed by atoms with E-state index in [1.165, 1.54) is 17.7 Å². The summed E-state index contributed by atoms with van der Waals surface area (Å²) in [5.41, 5.74) is 2.28. The topological polar surface area (TPSA) is 84.2 Å². The lowest BCUT2D eigenvalue weighted by Gasteiger charge is -2.10. The average Bonchev–Trinajstić information content (AvgIpc) is 2.55. The van der Waals surface area contributed by atoms with E-state index < -0.39 is 10.0 Å². The smallest absolute Gasteiger partial charge is 0.238 e. The highest BCUT2D eigenvalue weighted by molar-refractivity contribution is 7.89. The van der Waals surface area contributed by atoms with E-state index in [-0.39, 0.29) is 4.90 Å². The maximum absolute atomic E-state index is 11.2. The third kappa shape index (κ3) is 6.27. The molecule has 128 valence electrons. The van der Waals surface area contributed by atoms with Gasteiger partial charge in [-0.3, -0.25) is 0 Å². The van der Waals surface area contributed by atoms with Crippen molar-refractivity contribution in [2.45, 2.75) is 17.7 Å². The normalized spacial score (nSPS) is 11.0. The standard InChI is InChI=1S/C17H21N3O2S2/c18-24(21,22)16-8-6-15(7-9-16)11-13-20-17(23)19-12-10-14-4-2-1-3-5-14/h1-9H,10-13H2,(H2,18,21,22)(H2,19,20,23). The highest BCUT2D eigenvalue weighted by Crippen LogP contribution is 2.08. The Labute approximate surface area is 148 Å². The van der Waals surface area contributed by atoms with Crippen molar-refractivity contribution in [2.24, 2.45) is 5.14 Å². The quantitative estimate of drug-likeness (QED) is 0.651. The lowest BCUT2D eigenvalue weighted by atomic mass is 10.1. The third-order valence-electron chi connectivity index (χ3n) is 3.49. The Bertz CT molecular complexity index is 760. The lowest BCUT2D eigenvalue weighted by Crippen LogP contribution is -2.37. The fraction of sp³-hybridized carbons (Fsp3) is 0.235. The van der Waals surface area contributed by atoms with E-state index in [4.69, 9.17) is 17.4 Å². The molecule has 0 saturated heterocycles. The number of thiocarbonyl (C=S) groups is 1. The summed E-state index contributed by atoms with van der Waals surface area (Å²) in [6.45, 7) is 1.45. The number of primary sulfonamides is 1. The molecule has 0 unspecified atom stereocenters. The van der Waals surface area contributed by atoms with Gasteiger partial charge in [0.05, 0.1) is 4.90 Å². The second kappa shape index (κ2) is 8.77. The Kier molecular flexibility index (Phi) is 6.72. The van der Waals surface area contributed by atoms with Gasteiger partial charge in [-0.1, -0.05) is 42.5 Å². The molecular formula is C17H21N3O2S2. The zero-order valence-corrected chi connectivity index (χ0v) is 14.9. The van der Waals surface area contributed by atoms with Crippen LogP contribution in [0.2, 0.25) is 0 Å². The maximum Gasteiger partial charge on any atom is 0.238 e. The third-order valence-corrected chi connectivity index (χ3v) is 4.71. The molecule has 0 heterocycles. The molecule has 0 amide bonds. The maximum atomic E-state index is 11.2. The predicted molar refractivity (Wildman–Crippen MR) is 100 cm³/mol. The van der Waals surface area contributed by atoms with Gasteiger partial charge in [0.25, 0.3) is 0 Å². The highest BCUT2D eigenvalue weighted by Gasteiger charge is 2.06. The molecule has 0 radical (unpaired) electrons. The van der Waals surface area contributed by atoms with Crippen molar-refractivity contribution in [3.05, 3.63) is 65.7 Å². The minimum absolute atomic E-state index is 0.123. The van der Waals surface area contributed by atoms with E-state index in [0.29, 0.717) is 11.7 Å². The van der Waals surface area contributed by atoms with Crippen LogP contribution >= 0.6 is 12.2 Å². The van der Waals surface area contributed by atoms with Gasteiger partial charge in [-0.05, 0) is 48.3 Å². The number of benzene rings is 2. The van der Waals surface area contributed by atoms with Crippen LogP contribution in [0.25, 0.3) is 0 Å². The number of nitrogens with one attached hydrogen (secondary N) is 2. The molecule has 2 rings (SSSR count). The first kappa shape index (κ1) is 18.4. The fourth-order valence-electron chi connectivity index (χ4n) is 2.19. The Hall–Kier alpha value is -1.96. The molecule has 0 saturated carbocycles. The van der Waals surface area contributed by atoms with Crippen LogP contribution in [0.5, 0.6) is 0 Å². The second-order valence-electron chi connectivity index (χ2n) is 5.36. The molecule has 0 aromatic heterocycles. The van der Waals surface area contributed by atoms with Gasteiger partial charge in [-0.2, -0.15) is 0 Å². The number of nitrogens with two attached hydrogens (primary N) is 1. The zero-order valence-electron chi connectivity index (χ0n) is 13.2. The molecule has 5 nitrogen and oxygen atoms in total. The van der Waals surface area contributed by atoms with E-state index in [2.05, 4.69) is 22.8 Å². The molecule has 2 aromatic carbocycles. The van der Waals surface area contributed by atoms with Crippen molar-refractivity contribution in [1.29, 1.82) is 0 Å². The van der Waals surface area contributed by atoms with Crippen LogP contribution in [0.15, 0.2) is 59.5 Å². The molecule has 4 N–H and O–H groups in total. The van der Waals surface area contributed by atoms with Crippen molar-refractivity contribution in [2.75, 3.05) is 13.1 Å². The largest absolute Gasteiger partial charge is 0.362 e. The van der Waals surface area contributed by atoms with E-state index in [1.54, 1.807) is 12.1 Å². The summed E-state index contributed by atoms with van der Waals surface area (Å²) in [4.78, 5) is 0.123. The molecule has 0 aliphatic rings. The first-order valence-electron chi connectivity index (χ1n) is 7.62. The van der Waals surface area contributed by atoms with E-state index >= 15 is 0 Å². The van der Waals surface area contributed by atoms with Crippen LogP contribution in [0.4, 0.5) is 0 Å². The Morgan fingerprint density at radius 3 is 1.88 bits per heavy atom. The molecule has 0 aliphatic heterocycles. The van der Waals surface area contributed by atoms with Gasteiger partial charge in [0.2, 0.25) is 10.0 Å². The summed E-state index contributed by atoms with van der Waals surface area (Å²) in [6.07, 6.45) is 1.66. The molecule has 7 heteroatoms. The summed E-state index contributed by atoms with van der Waals surface area (Å²) in [6, 6.07) is 16.8. The van der Waals surface area contributed by atoms with E-state index in [0.717, 1.165) is 24.9 Å². The van der Waals surface area contributed by atoms with Crippen LogP contribution in [-0.2, 0) is 22.9 Å². The summed E-state index contributed by atoms with van der Waals surface area (Å²) in [5, 5.41) is 12.0. The monoisotopic (exact) mass is 363 g/mol. The van der Waals surface area contributed by atoms with Crippen LogP contribution in [0.1, 0.15) is 11.1 Å². The van der Waals surface area contributed by atoms with E-state index in [1.807, 2.05) is 18.2 Å². The Balaban J connectivity index is 1.67. The molecule has 0 fully saturated rings. The molecule has 0 spiro atoms. The lowest BCUT2D eigenvalue weighted by molar-refractivity contribution is 0.598. The molecule has 0 bridgehead atoms. The van der Waals surface area contributed by atoms with Crippen LogP contribution in [-0.4, -0.2) is 26.6 Å². The van der Waals surface area contributed by atoms with Crippen molar-refractivity contribution >= 4 is 27.4 Å². The van der Waals surface area contributed by atoms with Crippen molar-refractivity contribution in [3.63, 3.8) is 0 Å². The van der Waals surface area contributed by atoms with Gasteiger partial charge in [0, 0.05) is 13.1 Å². The number of hydrogen-bond acceptors (Lipinski definition) is 3. The van der Waals surface area contributed by atoms with Gasteiger partial charge in [-0.15, -0.1) is 0 Å². The SMILES string of the molecule is NS(=O)(=O)c1ccc(CCNC(=S)NCCc2ccccc2)cc1. The molecule has 2 aromatic rings. The second-order valence-corrected chi connectivity index (χ2v) is 7.33. The summed E-state index contributed by atoms with van der Waals surface area (Å²) >= 11 is 5.24. The minimum atomic E-state index is -3.63. The summed E-state index contributed by atoms with van der Waals surface area (Å²) in [5.74, 6) is 0. The fourth-order valence-corrected chi connectivity index (χ4v) is 2.91. The van der Waals surface area contributed by atoms with Crippen LogP contribution in [0.3, 0.4) is 0 Å². The molecule has 24 heavy (non-hydrogen) atoms. The molecule has 0 atom stereocenters. The first-order valence-corrected chi connectivity index (χ1v) is 9.58. The van der Waals surface area contributed by atoms with Crippen LogP contribution < -0.4 is 15.8 Å². The molecular weight excluding hydrogens is 342 g/mol. The Morgan fingerprint density at radius 1 is 0.875 bits per heavy atom. The highest BCUT2D eigenvalue weighted by atomic mass is 32.2. The van der Waals surface area contributed by atoms with E-state index in [9.17, 15) is 8.42 Å². The van der Waals surface area contributed by atoms with Gasteiger partial charge < -0.3 is 10.6 Å². The number of hydrogen-bond donors (Lipinski definition) is 3. The van der Waals surface area contributed by atoms with Gasteiger partial charge in [0.15, 0.2) is 5.11 Å².